The molecule has 1 aliphatic rings. The third-order valence-corrected chi connectivity index (χ3v) is 4.24. The van der Waals surface area contributed by atoms with Crippen molar-refractivity contribution in [1.29, 1.82) is 0 Å². The summed E-state index contributed by atoms with van der Waals surface area (Å²) in [6, 6.07) is 1.18. The molecular formula is C14H21N3O4. The Labute approximate surface area is 122 Å². The minimum Gasteiger partial charge on any atom is -0.388 e. The van der Waals surface area contributed by atoms with Crippen molar-refractivity contribution in [1.82, 2.24) is 10.3 Å². The molecule has 1 fully saturated rings. The molecule has 1 aliphatic carbocycles. The molecule has 3 N–H and O–H groups in total. The van der Waals surface area contributed by atoms with Crippen molar-refractivity contribution in [2.45, 2.75) is 45.1 Å². The van der Waals surface area contributed by atoms with Crippen LogP contribution in [0.5, 0.6) is 0 Å². The third kappa shape index (κ3) is 3.81. The lowest BCUT2D eigenvalue weighted by molar-refractivity contribution is -0.384. The topological polar surface area (TPSA) is 108 Å². The van der Waals surface area contributed by atoms with E-state index in [9.17, 15) is 20.0 Å². The summed E-state index contributed by atoms with van der Waals surface area (Å²) < 4.78 is 0. The van der Waals surface area contributed by atoms with E-state index < -0.39 is 16.4 Å². The van der Waals surface area contributed by atoms with Gasteiger partial charge in [0.1, 0.15) is 5.69 Å². The fourth-order valence-electron chi connectivity index (χ4n) is 2.53. The molecule has 21 heavy (non-hydrogen) atoms. The molecule has 1 heterocycles. The first-order chi connectivity index (χ1) is 9.71. The number of aromatic nitrogens is 1. The zero-order valence-corrected chi connectivity index (χ0v) is 12.3. The number of amides is 1. The number of aliphatic hydroxyl groups is 1. The molecule has 0 aliphatic heterocycles. The zero-order valence-electron chi connectivity index (χ0n) is 12.3. The van der Waals surface area contributed by atoms with Gasteiger partial charge in [-0.25, -0.2) is 0 Å². The van der Waals surface area contributed by atoms with E-state index in [4.69, 9.17) is 0 Å². The molecule has 1 saturated carbocycles. The van der Waals surface area contributed by atoms with Crippen LogP contribution in [0.25, 0.3) is 0 Å². The quantitative estimate of drug-likeness (QED) is 0.583. The molecule has 7 nitrogen and oxygen atoms in total. The number of nitrogens with zero attached hydrogens (tertiary/aromatic N) is 1. The van der Waals surface area contributed by atoms with Gasteiger partial charge < -0.3 is 15.4 Å². The van der Waals surface area contributed by atoms with Crippen LogP contribution in [-0.4, -0.2) is 33.1 Å². The molecule has 116 valence electrons. The average molecular weight is 295 g/mol. The Hall–Kier alpha value is -1.89. The Bertz CT molecular complexity index is 540. The van der Waals surface area contributed by atoms with Crippen molar-refractivity contribution < 1.29 is 14.8 Å². The van der Waals surface area contributed by atoms with Gasteiger partial charge in [-0.3, -0.25) is 14.9 Å². The summed E-state index contributed by atoms with van der Waals surface area (Å²) in [5.41, 5.74) is -0.681. The van der Waals surface area contributed by atoms with Crippen LogP contribution in [-0.2, 0) is 0 Å². The van der Waals surface area contributed by atoms with Crippen molar-refractivity contribution >= 4 is 11.6 Å². The summed E-state index contributed by atoms with van der Waals surface area (Å²) >= 11 is 0. The van der Waals surface area contributed by atoms with Crippen molar-refractivity contribution in [3.8, 4) is 0 Å². The van der Waals surface area contributed by atoms with Gasteiger partial charge in [-0.15, -0.1) is 0 Å². The second kappa shape index (κ2) is 5.48. The zero-order chi connectivity index (χ0) is 15.7. The first-order valence-corrected chi connectivity index (χ1v) is 7.04. The highest BCUT2D eigenvalue weighted by molar-refractivity contribution is 5.93. The number of nitrogens with one attached hydrogen (secondary N) is 2. The lowest BCUT2D eigenvalue weighted by atomic mass is 9.71. The van der Waals surface area contributed by atoms with E-state index in [-0.39, 0.29) is 23.3 Å². The van der Waals surface area contributed by atoms with Crippen molar-refractivity contribution in [2.24, 2.45) is 5.41 Å². The fourth-order valence-corrected chi connectivity index (χ4v) is 2.53. The minimum absolute atomic E-state index is 0.126. The lowest BCUT2D eigenvalue weighted by Crippen LogP contribution is -2.46. The Morgan fingerprint density at radius 2 is 2.05 bits per heavy atom. The lowest BCUT2D eigenvalue weighted by Gasteiger charge is -2.40. The van der Waals surface area contributed by atoms with Gasteiger partial charge in [-0.05, 0) is 31.1 Å². The number of rotatable bonds is 4. The molecule has 7 heteroatoms. The molecule has 1 aromatic rings. The summed E-state index contributed by atoms with van der Waals surface area (Å²) in [7, 11) is 0. The van der Waals surface area contributed by atoms with Gasteiger partial charge in [-0.1, -0.05) is 13.8 Å². The van der Waals surface area contributed by atoms with Gasteiger partial charge in [0.2, 0.25) is 0 Å². The Morgan fingerprint density at radius 1 is 1.43 bits per heavy atom. The minimum atomic E-state index is -0.885. The van der Waals surface area contributed by atoms with Gasteiger partial charge in [0, 0.05) is 12.6 Å². The number of H-pyrrole nitrogens is 1. The van der Waals surface area contributed by atoms with E-state index in [0.29, 0.717) is 12.8 Å². The van der Waals surface area contributed by atoms with Crippen LogP contribution in [0.1, 0.15) is 50.0 Å². The number of carbonyl (C=O) groups is 1. The van der Waals surface area contributed by atoms with Gasteiger partial charge in [0.25, 0.3) is 11.6 Å². The second-order valence-electron chi connectivity index (χ2n) is 6.60. The first-order valence-electron chi connectivity index (χ1n) is 7.04. The summed E-state index contributed by atoms with van der Waals surface area (Å²) in [6.07, 6.45) is 4.28. The summed E-state index contributed by atoms with van der Waals surface area (Å²) in [5.74, 6) is -0.443. The van der Waals surface area contributed by atoms with Crippen LogP contribution in [0.15, 0.2) is 12.3 Å². The molecular weight excluding hydrogens is 274 g/mol. The highest BCUT2D eigenvalue weighted by Gasteiger charge is 2.36. The highest BCUT2D eigenvalue weighted by Crippen LogP contribution is 2.39. The molecule has 0 spiro atoms. The predicted molar refractivity (Wildman–Crippen MR) is 77.0 cm³/mol. The van der Waals surface area contributed by atoms with E-state index in [0.717, 1.165) is 12.8 Å². The fraction of sp³-hybridized carbons (Fsp3) is 0.643. The van der Waals surface area contributed by atoms with E-state index in [2.05, 4.69) is 24.1 Å². The van der Waals surface area contributed by atoms with Crippen LogP contribution in [0, 0.1) is 15.5 Å². The summed E-state index contributed by atoms with van der Waals surface area (Å²) in [5, 5.41) is 23.7. The van der Waals surface area contributed by atoms with Crippen LogP contribution in [0.2, 0.25) is 0 Å². The summed E-state index contributed by atoms with van der Waals surface area (Å²) in [6.45, 7) is 4.50. The van der Waals surface area contributed by atoms with Gasteiger partial charge in [-0.2, -0.15) is 0 Å². The number of aromatic amines is 1. The molecule has 0 unspecified atom stereocenters. The van der Waals surface area contributed by atoms with Crippen molar-refractivity contribution in [3.05, 3.63) is 28.1 Å². The van der Waals surface area contributed by atoms with E-state index >= 15 is 0 Å². The maximum absolute atomic E-state index is 11.9. The normalized spacial score (nSPS) is 20.0. The number of carbonyl (C=O) groups excluding carboxylic acids is 1. The molecule has 0 bridgehead atoms. The predicted octanol–water partition coefficient (Wildman–Crippen LogP) is 1.98. The SMILES string of the molecule is CC1(C)CCC(O)(CNC(=O)c2cc([N+](=O)[O-])c[nH]2)CC1. The largest absolute Gasteiger partial charge is 0.388 e. The third-order valence-electron chi connectivity index (χ3n) is 4.24. The first kappa shape index (κ1) is 15.5. The van der Waals surface area contributed by atoms with Crippen molar-refractivity contribution in [2.75, 3.05) is 6.54 Å². The standard InChI is InChI=1S/C14H21N3O4/c1-13(2)3-5-14(19,6-4-13)9-16-12(18)11-7-10(8-15-11)17(20)21/h7-8,15,19H,3-6,9H2,1-2H3,(H,16,18). The Kier molecular flexibility index (Phi) is 4.04. The van der Waals surface area contributed by atoms with Crippen LogP contribution >= 0.6 is 0 Å². The number of hydrogen-bond donors (Lipinski definition) is 3. The van der Waals surface area contributed by atoms with Gasteiger partial charge >= 0.3 is 0 Å². The maximum Gasteiger partial charge on any atom is 0.287 e. The number of hydrogen-bond acceptors (Lipinski definition) is 4. The van der Waals surface area contributed by atoms with E-state index in [1.807, 2.05) is 0 Å². The van der Waals surface area contributed by atoms with E-state index in [1.54, 1.807) is 0 Å². The van der Waals surface area contributed by atoms with Crippen LogP contribution < -0.4 is 5.32 Å². The molecule has 1 aromatic heterocycles. The highest BCUT2D eigenvalue weighted by atomic mass is 16.6. The molecule has 1 amide bonds. The smallest absolute Gasteiger partial charge is 0.287 e. The van der Waals surface area contributed by atoms with Gasteiger partial charge in [0.15, 0.2) is 0 Å². The molecule has 0 radical (unpaired) electrons. The maximum atomic E-state index is 11.9. The van der Waals surface area contributed by atoms with E-state index in [1.165, 1.54) is 12.3 Å². The molecule has 0 atom stereocenters. The van der Waals surface area contributed by atoms with Crippen LogP contribution in [0.4, 0.5) is 5.69 Å². The number of nitro groups is 1. The Balaban J connectivity index is 1.90. The monoisotopic (exact) mass is 295 g/mol. The van der Waals surface area contributed by atoms with Gasteiger partial charge in [0.05, 0.1) is 16.7 Å². The average Bonchev–Trinajstić information content (AvgIpc) is 2.90. The second-order valence-corrected chi connectivity index (χ2v) is 6.60. The summed E-state index contributed by atoms with van der Waals surface area (Å²) in [4.78, 5) is 24.5. The molecule has 0 saturated heterocycles. The molecule has 0 aromatic carbocycles. The van der Waals surface area contributed by atoms with Crippen LogP contribution in [0.3, 0.4) is 0 Å². The molecule has 2 rings (SSSR count). The van der Waals surface area contributed by atoms with Crippen molar-refractivity contribution in [3.63, 3.8) is 0 Å². The Morgan fingerprint density at radius 3 is 2.57 bits per heavy atom.